The monoisotopic (exact) mass is 345 g/mol. The average molecular weight is 345 g/mol. The normalized spacial score (nSPS) is 10.1. The van der Waals surface area contributed by atoms with Crippen LogP contribution in [0.3, 0.4) is 0 Å². The highest BCUT2D eigenvalue weighted by Gasteiger charge is 2.15. The predicted molar refractivity (Wildman–Crippen MR) is 97.1 cm³/mol. The van der Waals surface area contributed by atoms with Crippen molar-refractivity contribution in [1.82, 2.24) is 4.98 Å². The lowest BCUT2D eigenvalue weighted by molar-refractivity contribution is 0.102. The van der Waals surface area contributed by atoms with Gasteiger partial charge in [0, 0.05) is 36.2 Å². The Labute approximate surface area is 147 Å². The van der Waals surface area contributed by atoms with Crippen LogP contribution < -0.4 is 24.8 Å². The van der Waals surface area contributed by atoms with Crippen molar-refractivity contribution >= 4 is 17.3 Å². The number of ether oxygens (including phenoxy) is 3. The van der Waals surface area contributed by atoms with E-state index in [9.17, 15) is 4.79 Å². The molecule has 0 aliphatic heterocycles. The lowest BCUT2D eigenvalue weighted by atomic mass is 10.2. The van der Waals surface area contributed by atoms with Crippen molar-refractivity contribution in [3.63, 3.8) is 0 Å². The summed E-state index contributed by atoms with van der Waals surface area (Å²) < 4.78 is 15.8. The van der Waals surface area contributed by atoms with E-state index in [2.05, 4.69) is 22.5 Å². The molecule has 1 amide bonds. The molecule has 2 rings (SSSR count). The molecule has 0 saturated heterocycles. The second-order valence-corrected chi connectivity index (χ2v) is 5.22. The molecule has 2 N–H and O–H groups in total. The van der Waals surface area contributed by atoms with Crippen LogP contribution in [0.15, 0.2) is 30.5 Å². The largest absolute Gasteiger partial charge is 0.493 e. The second kappa shape index (κ2) is 8.77. The van der Waals surface area contributed by atoms with E-state index in [0.717, 1.165) is 18.7 Å². The van der Waals surface area contributed by atoms with Crippen LogP contribution in [0.2, 0.25) is 0 Å². The minimum absolute atomic E-state index is 0.315. The van der Waals surface area contributed by atoms with Crippen molar-refractivity contribution in [2.24, 2.45) is 0 Å². The fourth-order valence-electron chi connectivity index (χ4n) is 2.28. The highest BCUT2D eigenvalue weighted by molar-refractivity contribution is 6.03. The number of rotatable bonds is 8. The van der Waals surface area contributed by atoms with Gasteiger partial charge < -0.3 is 24.8 Å². The molecule has 0 atom stereocenters. The molecule has 0 fully saturated rings. The van der Waals surface area contributed by atoms with Crippen molar-refractivity contribution in [3.05, 3.63) is 36.2 Å². The fraction of sp³-hybridized carbons (Fsp3) is 0.333. The molecular weight excluding hydrogens is 322 g/mol. The Morgan fingerprint density at radius 3 is 2.28 bits per heavy atom. The molecule has 0 unspecified atom stereocenters. The van der Waals surface area contributed by atoms with E-state index < -0.39 is 0 Å². The Hall–Kier alpha value is -2.96. The zero-order valence-corrected chi connectivity index (χ0v) is 14.9. The van der Waals surface area contributed by atoms with E-state index in [1.54, 1.807) is 24.4 Å². The zero-order valence-electron chi connectivity index (χ0n) is 14.9. The van der Waals surface area contributed by atoms with Gasteiger partial charge in [-0.3, -0.25) is 9.78 Å². The molecule has 0 aliphatic carbocycles. The summed E-state index contributed by atoms with van der Waals surface area (Å²) in [5.41, 5.74) is 1.69. The van der Waals surface area contributed by atoms with E-state index in [-0.39, 0.29) is 5.91 Å². The maximum atomic E-state index is 12.5. The van der Waals surface area contributed by atoms with Gasteiger partial charge in [0.25, 0.3) is 5.91 Å². The maximum Gasteiger partial charge on any atom is 0.274 e. The number of carbonyl (C=O) groups is 1. The molecule has 1 aromatic carbocycles. The summed E-state index contributed by atoms with van der Waals surface area (Å²) in [6.07, 6.45) is 2.59. The Balaban J connectivity index is 2.23. The van der Waals surface area contributed by atoms with Gasteiger partial charge in [0.05, 0.1) is 21.3 Å². The van der Waals surface area contributed by atoms with Crippen molar-refractivity contribution in [2.45, 2.75) is 13.3 Å². The van der Waals surface area contributed by atoms with E-state index in [0.29, 0.717) is 28.6 Å². The second-order valence-electron chi connectivity index (χ2n) is 5.22. The van der Waals surface area contributed by atoms with E-state index in [1.165, 1.54) is 21.3 Å². The van der Waals surface area contributed by atoms with Crippen molar-refractivity contribution in [2.75, 3.05) is 38.5 Å². The zero-order chi connectivity index (χ0) is 18.2. The lowest BCUT2D eigenvalue weighted by Gasteiger charge is -2.14. The number of amides is 1. The van der Waals surface area contributed by atoms with Crippen LogP contribution in [-0.2, 0) is 0 Å². The smallest absolute Gasteiger partial charge is 0.274 e. The summed E-state index contributed by atoms with van der Waals surface area (Å²) in [4.78, 5) is 16.6. The first-order valence-electron chi connectivity index (χ1n) is 7.94. The third-order valence-corrected chi connectivity index (χ3v) is 3.49. The van der Waals surface area contributed by atoms with E-state index >= 15 is 0 Å². The highest BCUT2D eigenvalue weighted by atomic mass is 16.5. The van der Waals surface area contributed by atoms with Crippen LogP contribution in [0.4, 0.5) is 11.4 Å². The minimum Gasteiger partial charge on any atom is -0.493 e. The standard InChI is InChI=1S/C18H23N3O4/c1-5-7-19-12-6-8-20-14(9-12)18(22)21-13-10-15(23-2)17(25-4)16(11-13)24-3/h6,8-11H,5,7H2,1-4H3,(H,19,20)(H,21,22). The van der Waals surface area contributed by atoms with Crippen molar-refractivity contribution in [1.29, 1.82) is 0 Å². The topological polar surface area (TPSA) is 81.7 Å². The Morgan fingerprint density at radius 1 is 1.04 bits per heavy atom. The van der Waals surface area contributed by atoms with Gasteiger partial charge in [-0.25, -0.2) is 0 Å². The third-order valence-electron chi connectivity index (χ3n) is 3.49. The van der Waals surface area contributed by atoms with Crippen LogP contribution in [0.1, 0.15) is 23.8 Å². The van der Waals surface area contributed by atoms with Crippen LogP contribution in [0, 0.1) is 0 Å². The third kappa shape index (κ3) is 4.53. The molecule has 1 aromatic heterocycles. The highest BCUT2D eigenvalue weighted by Crippen LogP contribution is 2.39. The Kier molecular flexibility index (Phi) is 6.45. The van der Waals surface area contributed by atoms with Crippen LogP contribution in [0.25, 0.3) is 0 Å². The van der Waals surface area contributed by atoms with Crippen LogP contribution in [-0.4, -0.2) is 38.8 Å². The number of benzene rings is 1. The van der Waals surface area contributed by atoms with Gasteiger partial charge in [-0.15, -0.1) is 0 Å². The first-order chi connectivity index (χ1) is 12.1. The molecule has 134 valence electrons. The lowest BCUT2D eigenvalue weighted by Crippen LogP contribution is -2.14. The molecule has 0 aliphatic rings. The molecule has 0 bridgehead atoms. The number of aromatic nitrogens is 1. The van der Waals surface area contributed by atoms with Gasteiger partial charge in [-0.2, -0.15) is 0 Å². The summed E-state index contributed by atoms with van der Waals surface area (Å²) in [6.45, 7) is 2.91. The summed E-state index contributed by atoms with van der Waals surface area (Å²) in [5, 5.41) is 6.03. The Morgan fingerprint density at radius 2 is 1.72 bits per heavy atom. The fourth-order valence-corrected chi connectivity index (χ4v) is 2.28. The number of hydrogen-bond donors (Lipinski definition) is 2. The van der Waals surface area contributed by atoms with Gasteiger partial charge in [0.1, 0.15) is 5.69 Å². The number of methoxy groups -OCH3 is 3. The summed E-state index contributed by atoms with van der Waals surface area (Å²) in [6, 6.07) is 6.87. The predicted octanol–water partition coefficient (Wildman–Crippen LogP) is 3.18. The van der Waals surface area contributed by atoms with Gasteiger partial charge in [0.2, 0.25) is 5.75 Å². The molecule has 0 radical (unpaired) electrons. The summed E-state index contributed by atoms with van der Waals surface area (Å²) in [7, 11) is 4.57. The van der Waals surface area contributed by atoms with Gasteiger partial charge in [0.15, 0.2) is 11.5 Å². The Bertz CT molecular complexity index is 709. The van der Waals surface area contributed by atoms with Gasteiger partial charge >= 0.3 is 0 Å². The minimum atomic E-state index is -0.325. The number of nitrogens with zero attached hydrogens (tertiary/aromatic N) is 1. The first kappa shape index (κ1) is 18.4. The molecule has 0 saturated carbocycles. The SMILES string of the molecule is CCCNc1ccnc(C(=O)Nc2cc(OC)c(OC)c(OC)c2)c1. The molecule has 25 heavy (non-hydrogen) atoms. The summed E-state index contributed by atoms with van der Waals surface area (Å²) in [5.74, 6) is 1.06. The van der Waals surface area contributed by atoms with Crippen LogP contribution >= 0.6 is 0 Å². The van der Waals surface area contributed by atoms with E-state index in [4.69, 9.17) is 14.2 Å². The molecule has 2 aromatic rings. The molecule has 7 heteroatoms. The van der Waals surface area contributed by atoms with E-state index in [1.807, 2.05) is 6.07 Å². The first-order valence-corrected chi connectivity index (χ1v) is 7.94. The number of nitrogens with one attached hydrogen (secondary N) is 2. The van der Waals surface area contributed by atoms with Gasteiger partial charge in [-0.05, 0) is 18.6 Å². The number of pyridine rings is 1. The number of carbonyl (C=O) groups excluding carboxylic acids is 1. The number of anilines is 2. The maximum absolute atomic E-state index is 12.5. The quantitative estimate of drug-likeness (QED) is 0.765. The summed E-state index contributed by atoms with van der Waals surface area (Å²) >= 11 is 0. The number of hydrogen-bond acceptors (Lipinski definition) is 6. The van der Waals surface area contributed by atoms with Gasteiger partial charge in [-0.1, -0.05) is 6.92 Å². The van der Waals surface area contributed by atoms with Crippen molar-refractivity contribution in [3.8, 4) is 17.2 Å². The van der Waals surface area contributed by atoms with Crippen LogP contribution in [0.5, 0.6) is 17.2 Å². The van der Waals surface area contributed by atoms with Crippen molar-refractivity contribution < 1.29 is 19.0 Å². The molecular formula is C18H23N3O4. The average Bonchev–Trinajstić information content (AvgIpc) is 2.65. The molecule has 0 spiro atoms. The molecule has 7 nitrogen and oxygen atoms in total. The molecule has 1 heterocycles.